The molecule has 0 aromatic heterocycles. The molecule has 1 aliphatic rings. The molecule has 2 atom stereocenters. The van der Waals surface area contributed by atoms with Gasteiger partial charge in [-0.2, -0.15) is 0 Å². The van der Waals surface area contributed by atoms with Crippen molar-refractivity contribution < 1.29 is 4.39 Å². The molecule has 1 aromatic carbocycles. The molecular formula is C17H26FN. The van der Waals surface area contributed by atoms with Crippen LogP contribution in [0.25, 0.3) is 0 Å². The second kappa shape index (κ2) is 7.04. The minimum absolute atomic E-state index is 0.113. The van der Waals surface area contributed by atoms with E-state index in [2.05, 4.69) is 12.2 Å². The highest BCUT2D eigenvalue weighted by atomic mass is 19.1. The van der Waals surface area contributed by atoms with Crippen molar-refractivity contribution in [2.24, 2.45) is 5.92 Å². The van der Waals surface area contributed by atoms with E-state index in [0.29, 0.717) is 11.8 Å². The first-order chi connectivity index (χ1) is 9.22. The van der Waals surface area contributed by atoms with Crippen LogP contribution in [-0.4, -0.2) is 13.1 Å². The largest absolute Gasteiger partial charge is 0.317 e. The van der Waals surface area contributed by atoms with Gasteiger partial charge in [0.25, 0.3) is 0 Å². The number of hydrogen-bond donors (Lipinski definition) is 1. The van der Waals surface area contributed by atoms with Gasteiger partial charge in [0, 0.05) is 0 Å². The Hall–Kier alpha value is -0.890. The van der Waals surface area contributed by atoms with Gasteiger partial charge in [-0.05, 0) is 68.0 Å². The molecule has 1 saturated carbocycles. The minimum atomic E-state index is -0.113. The fourth-order valence-electron chi connectivity index (χ4n) is 3.42. The monoisotopic (exact) mass is 263 g/mol. The van der Waals surface area contributed by atoms with Crippen molar-refractivity contribution in [2.75, 3.05) is 13.1 Å². The molecule has 0 spiro atoms. The van der Waals surface area contributed by atoms with E-state index in [-0.39, 0.29) is 5.82 Å². The Balaban J connectivity index is 2.20. The molecule has 1 N–H and O–H groups in total. The lowest BCUT2D eigenvalue weighted by molar-refractivity contribution is 0.377. The van der Waals surface area contributed by atoms with E-state index in [1.165, 1.54) is 37.7 Å². The smallest absolute Gasteiger partial charge is 0.123 e. The van der Waals surface area contributed by atoms with E-state index in [9.17, 15) is 4.39 Å². The first-order valence-corrected chi connectivity index (χ1v) is 7.69. The number of benzene rings is 1. The molecule has 0 heterocycles. The van der Waals surface area contributed by atoms with Crippen LogP contribution < -0.4 is 5.32 Å². The van der Waals surface area contributed by atoms with Crippen LogP contribution in [0.5, 0.6) is 0 Å². The molecule has 1 aliphatic carbocycles. The molecule has 0 bridgehead atoms. The molecule has 0 saturated heterocycles. The molecule has 2 rings (SSSR count). The van der Waals surface area contributed by atoms with E-state index in [4.69, 9.17) is 0 Å². The Bertz CT molecular complexity index is 402. The van der Waals surface area contributed by atoms with E-state index in [1.807, 2.05) is 13.0 Å². The third-order valence-corrected chi connectivity index (χ3v) is 4.45. The van der Waals surface area contributed by atoms with Crippen LogP contribution in [0, 0.1) is 18.7 Å². The molecule has 2 unspecified atom stereocenters. The molecule has 1 nitrogen and oxygen atoms in total. The van der Waals surface area contributed by atoms with Crippen LogP contribution in [0.15, 0.2) is 18.2 Å². The summed E-state index contributed by atoms with van der Waals surface area (Å²) < 4.78 is 13.3. The number of halogens is 1. The van der Waals surface area contributed by atoms with Gasteiger partial charge in [-0.3, -0.25) is 0 Å². The summed E-state index contributed by atoms with van der Waals surface area (Å²) in [6, 6.07) is 5.32. The predicted molar refractivity (Wildman–Crippen MR) is 79.0 cm³/mol. The summed E-state index contributed by atoms with van der Waals surface area (Å²) in [5.41, 5.74) is 2.49. The van der Waals surface area contributed by atoms with Crippen LogP contribution in [0.4, 0.5) is 4.39 Å². The summed E-state index contributed by atoms with van der Waals surface area (Å²) in [4.78, 5) is 0. The lowest BCUT2D eigenvalue weighted by Gasteiger charge is -2.27. The molecule has 2 heteroatoms. The SMILES string of the molecule is CCNCC1CCCCCC1c1ccc(F)cc1C. The van der Waals surface area contributed by atoms with Gasteiger partial charge >= 0.3 is 0 Å². The highest BCUT2D eigenvalue weighted by Gasteiger charge is 2.25. The lowest BCUT2D eigenvalue weighted by Crippen LogP contribution is -2.27. The summed E-state index contributed by atoms with van der Waals surface area (Å²) in [5.74, 6) is 1.19. The summed E-state index contributed by atoms with van der Waals surface area (Å²) in [7, 11) is 0. The Labute approximate surface area is 116 Å². The van der Waals surface area contributed by atoms with Gasteiger partial charge in [-0.25, -0.2) is 4.39 Å². The van der Waals surface area contributed by atoms with Gasteiger partial charge in [-0.15, -0.1) is 0 Å². The summed E-state index contributed by atoms with van der Waals surface area (Å²) in [5, 5.41) is 3.50. The molecule has 1 aromatic rings. The Kier molecular flexibility index (Phi) is 5.38. The topological polar surface area (TPSA) is 12.0 Å². The first-order valence-electron chi connectivity index (χ1n) is 7.69. The average molecular weight is 263 g/mol. The number of aryl methyl sites for hydroxylation is 1. The lowest BCUT2D eigenvalue weighted by atomic mass is 9.80. The number of hydrogen-bond acceptors (Lipinski definition) is 1. The normalized spacial score (nSPS) is 24.2. The second-order valence-corrected chi connectivity index (χ2v) is 5.81. The average Bonchev–Trinajstić information content (AvgIpc) is 2.62. The zero-order valence-corrected chi connectivity index (χ0v) is 12.2. The van der Waals surface area contributed by atoms with Gasteiger partial charge in [-0.1, -0.05) is 32.3 Å². The van der Waals surface area contributed by atoms with E-state index in [0.717, 1.165) is 18.7 Å². The van der Waals surface area contributed by atoms with Crippen LogP contribution in [0.1, 0.15) is 56.1 Å². The van der Waals surface area contributed by atoms with Crippen molar-refractivity contribution in [3.63, 3.8) is 0 Å². The molecule has 0 aliphatic heterocycles. The summed E-state index contributed by atoms with van der Waals surface area (Å²) in [6.07, 6.45) is 6.55. The minimum Gasteiger partial charge on any atom is -0.317 e. The van der Waals surface area contributed by atoms with Gasteiger partial charge in [0.1, 0.15) is 5.82 Å². The molecule has 0 amide bonds. The fraction of sp³-hybridized carbons (Fsp3) is 0.647. The van der Waals surface area contributed by atoms with Crippen molar-refractivity contribution in [3.05, 3.63) is 35.1 Å². The highest BCUT2D eigenvalue weighted by Crippen LogP contribution is 2.37. The Morgan fingerprint density at radius 1 is 1.21 bits per heavy atom. The standard InChI is InChI=1S/C17H26FN/c1-3-19-12-14-7-5-4-6-8-17(14)16-10-9-15(18)11-13(16)2/h9-11,14,17,19H,3-8,12H2,1-2H3. The van der Waals surface area contributed by atoms with Gasteiger partial charge < -0.3 is 5.32 Å². The predicted octanol–water partition coefficient (Wildman–Crippen LogP) is 4.41. The van der Waals surface area contributed by atoms with E-state index >= 15 is 0 Å². The van der Waals surface area contributed by atoms with Crippen molar-refractivity contribution in [3.8, 4) is 0 Å². The van der Waals surface area contributed by atoms with Crippen molar-refractivity contribution >= 4 is 0 Å². The third-order valence-electron chi connectivity index (χ3n) is 4.45. The maximum Gasteiger partial charge on any atom is 0.123 e. The molecule has 1 fully saturated rings. The van der Waals surface area contributed by atoms with Crippen LogP contribution in [0.3, 0.4) is 0 Å². The third kappa shape index (κ3) is 3.79. The van der Waals surface area contributed by atoms with Gasteiger partial charge in [0.05, 0.1) is 0 Å². The Morgan fingerprint density at radius 2 is 2.00 bits per heavy atom. The number of nitrogens with one attached hydrogen (secondary N) is 1. The van der Waals surface area contributed by atoms with Crippen molar-refractivity contribution in [1.29, 1.82) is 0 Å². The quantitative estimate of drug-likeness (QED) is 0.794. The number of rotatable bonds is 4. The molecule has 106 valence electrons. The van der Waals surface area contributed by atoms with Crippen molar-refractivity contribution in [1.82, 2.24) is 5.32 Å². The van der Waals surface area contributed by atoms with E-state index in [1.54, 1.807) is 12.1 Å². The Morgan fingerprint density at radius 3 is 2.74 bits per heavy atom. The molecule has 0 radical (unpaired) electrons. The maximum atomic E-state index is 13.3. The second-order valence-electron chi connectivity index (χ2n) is 5.81. The summed E-state index contributed by atoms with van der Waals surface area (Å²) in [6.45, 7) is 6.34. The fourth-order valence-corrected chi connectivity index (χ4v) is 3.42. The van der Waals surface area contributed by atoms with Crippen LogP contribution >= 0.6 is 0 Å². The van der Waals surface area contributed by atoms with Gasteiger partial charge in [0.2, 0.25) is 0 Å². The first kappa shape index (κ1) is 14.5. The van der Waals surface area contributed by atoms with E-state index < -0.39 is 0 Å². The zero-order chi connectivity index (χ0) is 13.7. The molecule has 19 heavy (non-hydrogen) atoms. The van der Waals surface area contributed by atoms with Gasteiger partial charge in [0.15, 0.2) is 0 Å². The van der Waals surface area contributed by atoms with Crippen LogP contribution in [-0.2, 0) is 0 Å². The van der Waals surface area contributed by atoms with Crippen molar-refractivity contribution in [2.45, 2.75) is 51.9 Å². The van der Waals surface area contributed by atoms with Crippen LogP contribution in [0.2, 0.25) is 0 Å². The maximum absolute atomic E-state index is 13.3. The summed E-state index contributed by atoms with van der Waals surface area (Å²) >= 11 is 0. The highest BCUT2D eigenvalue weighted by molar-refractivity contribution is 5.30. The zero-order valence-electron chi connectivity index (χ0n) is 12.2. The molecular weight excluding hydrogens is 237 g/mol.